The zero-order valence-corrected chi connectivity index (χ0v) is 17.8. The third-order valence-electron chi connectivity index (χ3n) is 7.86. The van der Waals surface area contributed by atoms with Gasteiger partial charge in [0.15, 0.2) is 0 Å². The molecule has 0 aliphatic heterocycles. The molecule has 1 aromatic heterocycles. The normalized spacial score (nSPS) is 42.6. The van der Waals surface area contributed by atoms with E-state index in [0.717, 1.165) is 36.0 Å². The summed E-state index contributed by atoms with van der Waals surface area (Å²) in [6.45, 7) is 5.90. The Labute approximate surface area is 171 Å². The topological polar surface area (TPSA) is 83.1 Å². The summed E-state index contributed by atoms with van der Waals surface area (Å²) >= 11 is 6.73. The van der Waals surface area contributed by atoms with Crippen LogP contribution in [-0.4, -0.2) is 45.1 Å². The van der Waals surface area contributed by atoms with Crippen molar-refractivity contribution < 1.29 is 24.5 Å². The fourth-order valence-corrected chi connectivity index (χ4v) is 6.75. The van der Waals surface area contributed by atoms with Crippen LogP contribution in [0, 0.1) is 11.3 Å². The van der Waals surface area contributed by atoms with Crippen LogP contribution in [0.2, 0.25) is 0 Å². The van der Waals surface area contributed by atoms with Crippen LogP contribution in [0.4, 0.5) is 0 Å². The first kappa shape index (κ1) is 20.4. The Morgan fingerprint density at radius 3 is 2.64 bits per heavy atom. The minimum absolute atomic E-state index is 0.0949. The van der Waals surface area contributed by atoms with E-state index < -0.39 is 22.7 Å². The van der Waals surface area contributed by atoms with Gasteiger partial charge in [-0.05, 0) is 59.6 Å². The molecule has 6 atom stereocenters. The van der Waals surface area contributed by atoms with Gasteiger partial charge >= 0.3 is 0 Å². The Hall–Kier alpha value is -0.850. The molecule has 28 heavy (non-hydrogen) atoms. The largest absolute Gasteiger partial charge is 0.466 e. The van der Waals surface area contributed by atoms with Gasteiger partial charge in [0.05, 0.1) is 11.6 Å². The third-order valence-corrected chi connectivity index (χ3v) is 8.34. The molecule has 0 radical (unpaired) electrons. The zero-order valence-electron chi connectivity index (χ0n) is 17.0. The van der Waals surface area contributed by atoms with E-state index in [0.29, 0.717) is 12.2 Å². The van der Waals surface area contributed by atoms with Gasteiger partial charge in [-0.3, -0.25) is 0 Å². The number of hydrogen-bond donors (Lipinski definition) is 3. The number of halogens is 1. The van der Waals surface area contributed by atoms with Crippen LogP contribution >= 0.6 is 11.6 Å². The fourth-order valence-electron chi connectivity index (χ4n) is 6.26. The molecule has 0 bridgehead atoms. The van der Waals surface area contributed by atoms with Crippen LogP contribution in [0.25, 0.3) is 0 Å². The summed E-state index contributed by atoms with van der Waals surface area (Å²) in [5.74, 6) is 0.652. The third kappa shape index (κ3) is 2.40. The minimum Gasteiger partial charge on any atom is -0.466 e. The van der Waals surface area contributed by atoms with Crippen LogP contribution in [-0.2, 0) is 17.8 Å². The highest BCUT2D eigenvalue weighted by Crippen LogP contribution is 2.63. The quantitative estimate of drug-likeness (QED) is 0.526. The second-order valence-electron chi connectivity index (χ2n) is 9.32. The molecular weight excluding hydrogens is 380 g/mol. The van der Waals surface area contributed by atoms with E-state index in [4.69, 9.17) is 20.8 Å². The second-order valence-corrected chi connectivity index (χ2v) is 9.79. The molecule has 1 fully saturated rings. The van der Waals surface area contributed by atoms with Gasteiger partial charge < -0.3 is 24.5 Å². The second kappa shape index (κ2) is 6.58. The van der Waals surface area contributed by atoms with E-state index in [1.165, 1.54) is 0 Å². The number of furan rings is 1. The summed E-state index contributed by atoms with van der Waals surface area (Å²) in [6.07, 6.45) is 5.71. The number of methoxy groups -OCH3 is 1. The van der Waals surface area contributed by atoms with Crippen LogP contribution in [0.5, 0.6) is 0 Å². The first-order chi connectivity index (χ1) is 13.1. The van der Waals surface area contributed by atoms with Gasteiger partial charge in [0.1, 0.15) is 29.7 Å². The molecule has 3 N–H and O–H groups in total. The lowest BCUT2D eigenvalue weighted by molar-refractivity contribution is -0.207. The fraction of sp³-hybridized carbons (Fsp3) is 0.727. The highest BCUT2D eigenvalue weighted by molar-refractivity contribution is 6.23. The molecule has 6 heteroatoms. The summed E-state index contributed by atoms with van der Waals surface area (Å²) < 4.78 is 11.4. The molecule has 1 heterocycles. The van der Waals surface area contributed by atoms with Crippen LogP contribution < -0.4 is 0 Å². The van der Waals surface area contributed by atoms with E-state index >= 15 is 0 Å². The molecule has 1 saturated carbocycles. The van der Waals surface area contributed by atoms with E-state index in [1.807, 2.05) is 19.9 Å². The lowest BCUT2D eigenvalue weighted by Crippen LogP contribution is -2.69. The number of fused-ring (bicyclic) bond motifs is 5. The number of ether oxygens (including phenoxy) is 1. The standard InChI is InChI=1S/C22H31ClO5/c1-12(2)22(26)18(23)9-17-20(3)7-5-13-14(11-28-16(13)10-24)15(20)6-8-21(17,25)19(22)27-4/h9,11-12,15,18-19,24-26H,5-8,10H2,1-4H3. The molecule has 6 unspecified atom stereocenters. The van der Waals surface area contributed by atoms with Crippen molar-refractivity contribution in [3.63, 3.8) is 0 Å². The number of rotatable bonds is 3. The van der Waals surface area contributed by atoms with Crippen LogP contribution in [0.15, 0.2) is 22.3 Å². The Morgan fingerprint density at radius 2 is 2.04 bits per heavy atom. The van der Waals surface area contributed by atoms with E-state index in [-0.39, 0.29) is 23.9 Å². The maximum absolute atomic E-state index is 11.9. The predicted molar refractivity (Wildman–Crippen MR) is 106 cm³/mol. The molecule has 156 valence electrons. The first-order valence-corrected chi connectivity index (χ1v) is 10.6. The first-order valence-electron chi connectivity index (χ1n) is 10.2. The lowest BCUT2D eigenvalue weighted by Gasteiger charge is -2.60. The van der Waals surface area contributed by atoms with Gasteiger partial charge in [-0.1, -0.05) is 26.8 Å². The highest BCUT2D eigenvalue weighted by atomic mass is 35.5. The average molecular weight is 411 g/mol. The molecule has 0 amide bonds. The SMILES string of the molecule is COC1C2(O)CCC3c4coc(CO)c4CCC3(C)C2=CC(Cl)C1(O)C(C)C. The Balaban J connectivity index is 1.85. The van der Waals surface area contributed by atoms with Gasteiger partial charge in [-0.15, -0.1) is 11.6 Å². The minimum atomic E-state index is -1.35. The van der Waals surface area contributed by atoms with Crippen molar-refractivity contribution in [1.82, 2.24) is 0 Å². The Morgan fingerprint density at radius 1 is 1.32 bits per heavy atom. The Bertz CT molecular complexity index is 801. The molecule has 3 aliphatic carbocycles. The zero-order chi connectivity index (χ0) is 20.5. The summed E-state index contributed by atoms with van der Waals surface area (Å²) in [5.41, 5.74) is 0.203. The van der Waals surface area contributed by atoms with Crippen molar-refractivity contribution in [2.24, 2.45) is 11.3 Å². The molecular formula is C22H31ClO5. The van der Waals surface area contributed by atoms with Gasteiger partial charge in [-0.25, -0.2) is 0 Å². The van der Waals surface area contributed by atoms with Crippen LogP contribution in [0.1, 0.15) is 62.8 Å². The van der Waals surface area contributed by atoms with Gasteiger partial charge in [0, 0.05) is 7.11 Å². The van der Waals surface area contributed by atoms with E-state index in [1.54, 1.807) is 13.4 Å². The number of aliphatic hydroxyl groups is 3. The maximum Gasteiger partial charge on any atom is 0.132 e. The summed E-state index contributed by atoms with van der Waals surface area (Å²) in [6, 6.07) is 0. The van der Waals surface area contributed by atoms with E-state index in [2.05, 4.69) is 6.92 Å². The van der Waals surface area contributed by atoms with Crippen molar-refractivity contribution in [2.45, 2.75) is 81.7 Å². The predicted octanol–water partition coefficient (Wildman–Crippen LogP) is 3.28. The van der Waals surface area contributed by atoms with Gasteiger partial charge in [-0.2, -0.15) is 0 Å². The van der Waals surface area contributed by atoms with Crippen LogP contribution in [0.3, 0.4) is 0 Å². The average Bonchev–Trinajstić information content (AvgIpc) is 3.06. The number of aliphatic hydroxyl groups excluding tert-OH is 1. The molecule has 3 aliphatic rings. The summed E-state index contributed by atoms with van der Waals surface area (Å²) in [4.78, 5) is 0. The maximum atomic E-state index is 11.9. The molecule has 1 aromatic rings. The smallest absolute Gasteiger partial charge is 0.132 e. The highest BCUT2D eigenvalue weighted by Gasteiger charge is 2.65. The van der Waals surface area contributed by atoms with E-state index in [9.17, 15) is 15.3 Å². The van der Waals surface area contributed by atoms with Crippen molar-refractivity contribution >= 4 is 11.6 Å². The molecule has 0 aromatic carbocycles. The lowest BCUT2D eigenvalue weighted by atomic mass is 9.49. The van der Waals surface area contributed by atoms with Crippen molar-refractivity contribution in [2.75, 3.05) is 7.11 Å². The number of hydrogen-bond acceptors (Lipinski definition) is 5. The van der Waals surface area contributed by atoms with Crippen molar-refractivity contribution in [3.8, 4) is 0 Å². The van der Waals surface area contributed by atoms with Gasteiger partial charge in [0.25, 0.3) is 0 Å². The summed E-state index contributed by atoms with van der Waals surface area (Å²) in [5, 5.41) is 32.3. The van der Waals surface area contributed by atoms with Crippen molar-refractivity contribution in [3.05, 3.63) is 34.8 Å². The number of alkyl halides is 1. The molecule has 0 saturated heterocycles. The molecule has 4 rings (SSSR count). The van der Waals surface area contributed by atoms with Crippen molar-refractivity contribution in [1.29, 1.82) is 0 Å². The molecule has 5 nitrogen and oxygen atoms in total. The Kier molecular flexibility index (Phi) is 4.80. The monoisotopic (exact) mass is 410 g/mol. The molecule has 0 spiro atoms. The van der Waals surface area contributed by atoms with Gasteiger partial charge in [0.2, 0.25) is 0 Å². The summed E-state index contributed by atoms with van der Waals surface area (Å²) in [7, 11) is 1.54.